The molecule has 3 N–H and O–H groups in total. The highest BCUT2D eigenvalue weighted by Crippen LogP contribution is 2.40. The number of aliphatic hydroxyl groups is 3. The molecule has 1 aromatic carbocycles. The van der Waals surface area contributed by atoms with E-state index in [9.17, 15) is 36.0 Å². The summed E-state index contributed by atoms with van der Waals surface area (Å²) in [5.41, 5.74) is 0.970. The van der Waals surface area contributed by atoms with Gasteiger partial charge in [-0.3, -0.25) is 18.6 Å². The van der Waals surface area contributed by atoms with Crippen LogP contribution in [0.1, 0.15) is 81.7 Å². The van der Waals surface area contributed by atoms with Crippen molar-refractivity contribution in [2.24, 2.45) is 0 Å². The molecule has 3 unspecified atom stereocenters. The van der Waals surface area contributed by atoms with E-state index < -0.39 is 146 Å². The van der Waals surface area contributed by atoms with E-state index >= 15 is 0 Å². The monoisotopic (exact) mass is 1100 g/mol. The van der Waals surface area contributed by atoms with E-state index in [0.717, 1.165) is 39.5 Å². The number of methoxy groups -OCH3 is 2. The van der Waals surface area contributed by atoms with Crippen molar-refractivity contribution in [1.82, 2.24) is 0 Å². The second-order valence-electron chi connectivity index (χ2n) is 17.9. The van der Waals surface area contributed by atoms with E-state index in [4.69, 9.17) is 81.1 Å². The van der Waals surface area contributed by atoms with E-state index in [2.05, 4.69) is 4.74 Å². The maximum Gasteiger partial charge on any atom is 0.305 e. The van der Waals surface area contributed by atoms with Gasteiger partial charge in [-0.05, 0) is 59.6 Å². The van der Waals surface area contributed by atoms with Crippen LogP contribution >= 0.6 is 0 Å². The van der Waals surface area contributed by atoms with E-state index in [1.54, 1.807) is 39.8 Å². The van der Waals surface area contributed by atoms with Crippen molar-refractivity contribution in [3.8, 4) is 0 Å². The number of hydrogen-bond acceptors (Lipinski definition) is 23. The number of alkyl halides is 3. The Morgan fingerprint density at radius 1 is 0.608 bits per heavy atom. The van der Waals surface area contributed by atoms with Crippen LogP contribution in [0.25, 0.3) is 0 Å². The summed E-state index contributed by atoms with van der Waals surface area (Å²) in [6, 6.07) is 6.46. The van der Waals surface area contributed by atoms with Crippen LogP contribution in [-0.2, 0) is 95.0 Å². The van der Waals surface area contributed by atoms with Crippen molar-refractivity contribution in [2.45, 2.75) is 198 Å². The number of hydrogen-bond donors (Lipinski definition) is 3. The SMILES string of the molecule is C.C.C1CCOC1.CC(=O)OC1O[C@H](CF)[C@@H](OC(C)=O)C1OC(C)=O.CO[C@@H]1O[C@H](CF)[C@H]2OC(C)(C)O[C@@H]12.CO[C@@H]1O[C@H](COS(=O)(=O)c2ccc(C)cc2)[C@H]2OC(C)(C)O[C@@H]12.OC1O[C@H](CF)[C@@H](O)[C@H]1O. The fourth-order valence-electron chi connectivity index (χ4n) is 7.94. The first-order valence-electron chi connectivity index (χ1n) is 23.0. The van der Waals surface area contributed by atoms with Crippen LogP contribution < -0.4 is 0 Å². The number of aryl methyl sites for hydroxylation is 1. The molecule has 430 valence electrons. The van der Waals surface area contributed by atoms with E-state index in [1.807, 2.05) is 6.92 Å². The topological polar surface area (TPSA) is 284 Å². The van der Waals surface area contributed by atoms with Crippen molar-refractivity contribution < 1.29 is 122 Å². The van der Waals surface area contributed by atoms with Gasteiger partial charge in [0, 0.05) is 48.2 Å². The zero-order chi connectivity index (χ0) is 53.7. The summed E-state index contributed by atoms with van der Waals surface area (Å²) in [6.45, 7) is 11.8. The molecule has 0 bridgehead atoms. The summed E-state index contributed by atoms with van der Waals surface area (Å²) in [5, 5.41) is 26.3. The predicted octanol–water partition coefficient (Wildman–Crippen LogP) is 3.01. The van der Waals surface area contributed by atoms with E-state index in [1.165, 1.54) is 39.2 Å². The maximum absolute atomic E-state index is 12.8. The summed E-state index contributed by atoms with van der Waals surface area (Å²) >= 11 is 0. The summed E-state index contributed by atoms with van der Waals surface area (Å²) in [7, 11) is -0.850. The highest BCUT2D eigenvalue weighted by atomic mass is 32.2. The summed E-state index contributed by atoms with van der Waals surface area (Å²) in [5.74, 6) is -3.52. The average molecular weight is 1100 g/mol. The third kappa shape index (κ3) is 18.8. The fraction of sp³-hybridized carbons (Fsp3) is 0.809. The molecule has 0 aliphatic carbocycles. The van der Waals surface area contributed by atoms with Crippen LogP contribution in [-0.4, -0.2) is 206 Å². The molecule has 74 heavy (non-hydrogen) atoms. The lowest BCUT2D eigenvalue weighted by Crippen LogP contribution is -2.41. The first kappa shape index (κ1) is 66.9. The van der Waals surface area contributed by atoms with Crippen LogP contribution in [0.4, 0.5) is 13.2 Å². The molecule has 0 radical (unpaired) electrons. The molecule has 7 aliphatic rings. The van der Waals surface area contributed by atoms with Gasteiger partial charge in [0.15, 0.2) is 36.5 Å². The van der Waals surface area contributed by atoms with E-state index in [-0.39, 0.29) is 38.6 Å². The van der Waals surface area contributed by atoms with Gasteiger partial charge >= 0.3 is 17.9 Å². The number of carbonyl (C=O) groups excluding carboxylic acids is 3. The minimum Gasteiger partial charge on any atom is -0.455 e. The molecule has 0 aromatic heterocycles. The predicted molar refractivity (Wildman–Crippen MR) is 249 cm³/mol. The maximum atomic E-state index is 12.8. The molecule has 23 nitrogen and oxygen atoms in total. The van der Waals surface area contributed by atoms with Gasteiger partial charge in [-0.2, -0.15) is 8.42 Å². The number of aliphatic hydroxyl groups excluding tert-OH is 3. The molecular weight excluding hydrogens is 1020 g/mol. The minimum atomic E-state index is -3.86. The van der Waals surface area contributed by atoms with Crippen LogP contribution in [0.3, 0.4) is 0 Å². The van der Waals surface area contributed by atoms with Crippen molar-refractivity contribution in [1.29, 1.82) is 0 Å². The number of halogens is 3. The van der Waals surface area contributed by atoms with Crippen LogP contribution in [0.15, 0.2) is 29.2 Å². The molecule has 0 saturated carbocycles. The summed E-state index contributed by atoms with van der Waals surface area (Å²) in [4.78, 5) is 33.0. The standard InChI is InChI=1S/C16H22O7S.C11H15FO7.C9H15FO4.C5H9FO4.C4H8O.2CH4/c1-10-5-7-11(8-6-10)24(17,18)20-9-12-13-14(15(19-4)21-12)23-16(2,3)22-13;1-5(13)16-9-8(4-12)19-11(18-7(3)15)10(9)17-6(2)14;1-9(2)13-6-5(4-10)12-8(11-3)7(6)14-9;6-1-2-3(7)4(8)5(9)10-2;1-2-4-5-3-1;;/h5-8,12-15H,9H2,1-4H3;8-11H,4H2,1-3H3;5-8H,4H2,1-3H3;2-5,7-9H,1H2;1-4H2;2*1H4/t12-,13-,14-,15-;8-,9-,10?,11?;5-,6-,7-,8-;2-,3-,4-,5?;;;/m1111.../s1. The molecule has 27 heteroatoms. The molecule has 1 aromatic rings. The molecular formula is C47H77F3O23S. The third-order valence-electron chi connectivity index (χ3n) is 11.2. The highest BCUT2D eigenvalue weighted by Gasteiger charge is 2.57. The lowest BCUT2D eigenvalue weighted by molar-refractivity contribution is -0.229. The molecule has 7 heterocycles. The Morgan fingerprint density at radius 3 is 1.43 bits per heavy atom. The number of esters is 3. The molecule has 0 spiro atoms. The van der Waals surface area contributed by atoms with Gasteiger partial charge in [0.2, 0.25) is 12.4 Å². The molecule has 7 saturated heterocycles. The average Bonchev–Trinajstić information content (AvgIpc) is 4.20. The highest BCUT2D eigenvalue weighted by molar-refractivity contribution is 7.86. The van der Waals surface area contributed by atoms with Gasteiger partial charge in [0.25, 0.3) is 10.1 Å². The molecule has 8 rings (SSSR count). The van der Waals surface area contributed by atoms with Crippen LogP contribution in [0.5, 0.6) is 0 Å². The smallest absolute Gasteiger partial charge is 0.305 e. The molecule has 7 fully saturated rings. The lowest BCUT2D eigenvalue weighted by Gasteiger charge is -2.23. The van der Waals surface area contributed by atoms with Gasteiger partial charge in [-0.15, -0.1) is 0 Å². The number of rotatable bonds is 12. The zero-order valence-electron chi connectivity index (χ0n) is 41.8. The van der Waals surface area contributed by atoms with Gasteiger partial charge in [-0.25, -0.2) is 13.2 Å². The molecule has 0 amide bonds. The van der Waals surface area contributed by atoms with Crippen molar-refractivity contribution in [2.75, 3.05) is 54.1 Å². The summed E-state index contributed by atoms with van der Waals surface area (Å²) < 4.78 is 140. The molecule has 16 atom stereocenters. The van der Waals surface area contributed by atoms with Crippen molar-refractivity contribution >= 4 is 28.0 Å². The quantitative estimate of drug-likeness (QED) is 0.154. The number of benzene rings is 1. The van der Waals surface area contributed by atoms with Gasteiger partial charge < -0.3 is 81.6 Å². The van der Waals surface area contributed by atoms with Gasteiger partial charge in [-0.1, -0.05) is 32.5 Å². The van der Waals surface area contributed by atoms with Crippen molar-refractivity contribution in [3.63, 3.8) is 0 Å². The Balaban J connectivity index is 0.000000336. The Labute approximate surface area is 430 Å². The van der Waals surface area contributed by atoms with E-state index in [0.29, 0.717) is 0 Å². The Kier molecular flexibility index (Phi) is 27.2. The third-order valence-corrected chi connectivity index (χ3v) is 12.4. The Bertz CT molecular complexity index is 1940. The minimum absolute atomic E-state index is 0. The first-order chi connectivity index (χ1) is 33.8. The largest absolute Gasteiger partial charge is 0.455 e. The number of ether oxygens (including phenoxy) is 14. The van der Waals surface area contributed by atoms with Crippen molar-refractivity contribution in [3.05, 3.63) is 29.8 Å². The van der Waals surface area contributed by atoms with Gasteiger partial charge in [0.1, 0.15) is 81.1 Å². The second-order valence-corrected chi connectivity index (χ2v) is 19.5. The number of fused-ring (bicyclic) bond motifs is 2. The Hall–Kier alpha value is -3.23. The van der Waals surface area contributed by atoms with Gasteiger partial charge in [0.05, 0.1) is 11.5 Å². The second kappa shape index (κ2) is 30.1. The zero-order valence-corrected chi connectivity index (χ0v) is 42.6. The molecule has 7 aliphatic heterocycles. The fourth-order valence-corrected chi connectivity index (χ4v) is 8.86. The first-order valence-corrected chi connectivity index (χ1v) is 24.4. The lowest BCUT2D eigenvalue weighted by atomic mass is 10.1. The van der Waals surface area contributed by atoms with Crippen LogP contribution in [0.2, 0.25) is 0 Å². The van der Waals surface area contributed by atoms with Crippen LogP contribution in [0, 0.1) is 6.92 Å². The number of carbonyl (C=O) groups is 3. The summed E-state index contributed by atoms with van der Waals surface area (Å²) in [6.07, 6.45) is -11.4. The normalized spacial score (nSPS) is 34.7. The Morgan fingerprint density at radius 2 is 1.04 bits per heavy atom.